The van der Waals surface area contributed by atoms with Gasteiger partial charge in [-0.25, -0.2) is 4.68 Å². The molecule has 0 amide bonds. The first kappa shape index (κ1) is 13.6. The number of rotatable bonds is 3. The lowest BCUT2D eigenvalue weighted by atomic mass is 9.91. The van der Waals surface area contributed by atoms with Gasteiger partial charge in [-0.2, -0.15) is 5.10 Å². The van der Waals surface area contributed by atoms with Gasteiger partial charge in [0.05, 0.1) is 11.4 Å². The Morgan fingerprint density at radius 3 is 2.48 bits per heavy atom. The predicted molar refractivity (Wildman–Crippen MR) is 83.4 cm³/mol. The van der Waals surface area contributed by atoms with Crippen molar-refractivity contribution in [3.8, 4) is 5.69 Å². The number of nitrogens with zero attached hydrogens (tertiary/aromatic N) is 2. The number of aliphatic hydroxyl groups is 1. The second-order valence-corrected chi connectivity index (χ2v) is 5.41. The normalized spacial score (nSPS) is 13.9. The van der Waals surface area contributed by atoms with Gasteiger partial charge in [0.15, 0.2) is 0 Å². The highest BCUT2D eigenvalue weighted by Gasteiger charge is 2.29. The van der Waals surface area contributed by atoms with E-state index >= 15 is 0 Å². The number of benzene rings is 2. The van der Waals surface area contributed by atoms with Gasteiger partial charge in [-0.15, -0.1) is 0 Å². The molecule has 0 saturated carbocycles. The number of para-hydroxylation sites is 1. The van der Waals surface area contributed by atoms with E-state index in [1.807, 2.05) is 67.6 Å². The standard InChI is InChI=1S/C18H18N2O/c1-14-7-6-8-15(13-14)18(2,21)17-11-12-19-20(17)16-9-4-3-5-10-16/h3-13,21H,1-2H3. The van der Waals surface area contributed by atoms with Crippen LogP contribution in [0.4, 0.5) is 0 Å². The van der Waals surface area contributed by atoms with E-state index in [0.717, 1.165) is 22.5 Å². The minimum atomic E-state index is -1.10. The van der Waals surface area contributed by atoms with Crippen LogP contribution in [0, 0.1) is 6.92 Å². The van der Waals surface area contributed by atoms with Gasteiger partial charge in [0, 0.05) is 6.20 Å². The van der Waals surface area contributed by atoms with Crippen molar-refractivity contribution in [2.45, 2.75) is 19.4 Å². The zero-order valence-electron chi connectivity index (χ0n) is 12.2. The highest BCUT2D eigenvalue weighted by Crippen LogP contribution is 2.30. The third-order valence-electron chi connectivity index (χ3n) is 3.72. The largest absolute Gasteiger partial charge is 0.379 e. The van der Waals surface area contributed by atoms with Crippen LogP contribution in [-0.4, -0.2) is 14.9 Å². The van der Waals surface area contributed by atoms with Crippen LogP contribution in [0.3, 0.4) is 0 Å². The maximum atomic E-state index is 11.1. The van der Waals surface area contributed by atoms with Crippen molar-refractivity contribution in [1.29, 1.82) is 0 Å². The van der Waals surface area contributed by atoms with Crippen LogP contribution in [0.2, 0.25) is 0 Å². The third kappa shape index (κ3) is 2.48. The Kier molecular flexibility index (Phi) is 3.35. The summed E-state index contributed by atoms with van der Waals surface area (Å²) in [6, 6.07) is 19.6. The summed E-state index contributed by atoms with van der Waals surface area (Å²) in [5.74, 6) is 0. The summed E-state index contributed by atoms with van der Waals surface area (Å²) in [5, 5.41) is 15.4. The van der Waals surface area contributed by atoms with Gasteiger partial charge in [0.1, 0.15) is 5.60 Å². The lowest BCUT2D eigenvalue weighted by molar-refractivity contribution is 0.0945. The molecule has 0 aliphatic carbocycles. The van der Waals surface area contributed by atoms with Gasteiger partial charge in [-0.05, 0) is 37.6 Å². The van der Waals surface area contributed by atoms with E-state index in [1.54, 1.807) is 17.8 Å². The van der Waals surface area contributed by atoms with Gasteiger partial charge < -0.3 is 5.11 Å². The first-order chi connectivity index (χ1) is 10.1. The molecule has 0 aliphatic heterocycles. The summed E-state index contributed by atoms with van der Waals surface area (Å²) in [5.41, 5.74) is 2.57. The van der Waals surface area contributed by atoms with E-state index in [0.29, 0.717) is 0 Å². The fraction of sp³-hybridized carbons (Fsp3) is 0.167. The second-order valence-electron chi connectivity index (χ2n) is 5.41. The fourth-order valence-corrected chi connectivity index (χ4v) is 2.54. The average molecular weight is 278 g/mol. The Balaban J connectivity index is 2.11. The van der Waals surface area contributed by atoms with E-state index in [2.05, 4.69) is 5.10 Å². The van der Waals surface area contributed by atoms with Gasteiger partial charge in [-0.3, -0.25) is 0 Å². The quantitative estimate of drug-likeness (QED) is 0.797. The fourth-order valence-electron chi connectivity index (χ4n) is 2.54. The molecule has 0 bridgehead atoms. The summed E-state index contributed by atoms with van der Waals surface area (Å²) in [7, 11) is 0. The molecule has 1 unspecified atom stereocenters. The molecule has 3 heteroatoms. The van der Waals surface area contributed by atoms with Crippen molar-refractivity contribution in [2.75, 3.05) is 0 Å². The molecule has 3 rings (SSSR count). The molecular weight excluding hydrogens is 260 g/mol. The first-order valence-electron chi connectivity index (χ1n) is 6.98. The molecule has 21 heavy (non-hydrogen) atoms. The Labute approximate surface area is 124 Å². The summed E-state index contributed by atoms with van der Waals surface area (Å²) in [4.78, 5) is 0. The Bertz CT molecular complexity index is 745. The smallest absolute Gasteiger partial charge is 0.129 e. The highest BCUT2D eigenvalue weighted by atomic mass is 16.3. The molecule has 1 heterocycles. The molecule has 3 nitrogen and oxygen atoms in total. The van der Waals surface area contributed by atoms with Crippen LogP contribution in [-0.2, 0) is 5.60 Å². The van der Waals surface area contributed by atoms with Crippen LogP contribution in [0.25, 0.3) is 5.69 Å². The molecule has 106 valence electrons. The molecule has 0 aliphatic rings. The van der Waals surface area contributed by atoms with E-state index in [9.17, 15) is 5.11 Å². The molecule has 0 fully saturated rings. The van der Waals surface area contributed by atoms with E-state index < -0.39 is 5.60 Å². The average Bonchev–Trinajstić information content (AvgIpc) is 2.98. The number of hydrogen-bond acceptors (Lipinski definition) is 2. The Hall–Kier alpha value is -2.39. The van der Waals surface area contributed by atoms with Crippen molar-refractivity contribution < 1.29 is 5.11 Å². The van der Waals surface area contributed by atoms with Crippen molar-refractivity contribution in [1.82, 2.24) is 9.78 Å². The molecule has 0 radical (unpaired) electrons. The Morgan fingerprint density at radius 1 is 1.00 bits per heavy atom. The van der Waals surface area contributed by atoms with Gasteiger partial charge >= 0.3 is 0 Å². The van der Waals surface area contributed by atoms with Crippen LogP contribution < -0.4 is 0 Å². The monoisotopic (exact) mass is 278 g/mol. The number of aryl methyl sites for hydroxylation is 1. The van der Waals surface area contributed by atoms with Crippen molar-refractivity contribution in [3.05, 3.63) is 83.7 Å². The SMILES string of the molecule is Cc1cccc(C(C)(O)c2ccnn2-c2ccccc2)c1. The van der Waals surface area contributed by atoms with Crippen LogP contribution in [0.1, 0.15) is 23.7 Å². The maximum absolute atomic E-state index is 11.1. The summed E-state index contributed by atoms with van der Waals surface area (Å²) < 4.78 is 1.78. The van der Waals surface area contributed by atoms with Crippen molar-refractivity contribution in [2.24, 2.45) is 0 Å². The predicted octanol–water partition coefficient (Wildman–Crippen LogP) is 3.44. The number of hydrogen-bond donors (Lipinski definition) is 1. The maximum Gasteiger partial charge on any atom is 0.129 e. The van der Waals surface area contributed by atoms with E-state index in [-0.39, 0.29) is 0 Å². The zero-order valence-corrected chi connectivity index (χ0v) is 12.2. The molecule has 2 aromatic carbocycles. The Morgan fingerprint density at radius 2 is 1.76 bits per heavy atom. The molecule has 1 N–H and O–H groups in total. The first-order valence-corrected chi connectivity index (χ1v) is 6.98. The van der Waals surface area contributed by atoms with Gasteiger partial charge in [-0.1, -0.05) is 48.0 Å². The topological polar surface area (TPSA) is 38.1 Å². The van der Waals surface area contributed by atoms with Crippen LogP contribution >= 0.6 is 0 Å². The van der Waals surface area contributed by atoms with Crippen LogP contribution in [0.15, 0.2) is 66.9 Å². The minimum absolute atomic E-state index is 0.749. The summed E-state index contributed by atoms with van der Waals surface area (Å²) >= 11 is 0. The lowest BCUT2D eigenvalue weighted by Crippen LogP contribution is -2.26. The summed E-state index contributed by atoms with van der Waals surface area (Å²) in [6.07, 6.45) is 1.71. The molecule has 0 saturated heterocycles. The second kappa shape index (κ2) is 5.19. The molecular formula is C18H18N2O. The molecule has 1 atom stereocenters. The molecule has 3 aromatic rings. The van der Waals surface area contributed by atoms with Crippen molar-refractivity contribution >= 4 is 0 Å². The minimum Gasteiger partial charge on any atom is -0.379 e. The van der Waals surface area contributed by atoms with Gasteiger partial charge in [0.2, 0.25) is 0 Å². The molecule has 1 aromatic heterocycles. The van der Waals surface area contributed by atoms with E-state index in [4.69, 9.17) is 0 Å². The van der Waals surface area contributed by atoms with Gasteiger partial charge in [0.25, 0.3) is 0 Å². The van der Waals surface area contributed by atoms with Crippen LogP contribution in [0.5, 0.6) is 0 Å². The lowest BCUT2D eigenvalue weighted by Gasteiger charge is -2.25. The van der Waals surface area contributed by atoms with E-state index in [1.165, 1.54) is 0 Å². The summed E-state index contributed by atoms with van der Waals surface area (Å²) in [6.45, 7) is 3.83. The third-order valence-corrected chi connectivity index (χ3v) is 3.72. The zero-order chi connectivity index (χ0) is 14.9. The number of aromatic nitrogens is 2. The van der Waals surface area contributed by atoms with Crippen molar-refractivity contribution in [3.63, 3.8) is 0 Å². The molecule has 0 spiro atoms. The highest BCUT2D eigenvalue weighted by molar-refractivity contribution is 5.39.